The van der Waals surface area contributed by atoms with Gasteiger partial charge >= 0.3 is 0 Å². The Morgan fingerprint density at radius 3 is 2.73 bits per heavy atom. The molecule has 0 unspecified atom stereocenters. The fourth-order valence-electron chi connectivity index (χ4n) is 2.78. The Bertz CT molecular complexity index is 1030. The molecule has 30 heavy (non-hydrogen) atoms. The Balaban J connectivity index is 1.74. The minimum atomic E-state index is -0.894. The van der Waals surface area contributed by atoms with Crippen LogP contribution in [0.5, 0.6) is 0 Å². The van der Waals surface area contributed by atoms with Gasteiger partial charge < -0.3 is 10.6 Å². The molecule has 3 rings (SSSR count). The lowest BCUT2D eigenvalue weighted by molar-refractivity contribution is 0.0948. The van der Waals surface area contributed by atoms with Crippen molar-refractivity contribution < 1.29 is 13.6 Å². The number of anilines is 1. The molecule has 0 spiro atoms. The van der Waals surface area contributed by atoms with E-state index < -0.39 is 17.5 Å². The molecule has 0 radical (unpaired) electrons. The van der Waals surface area contributed by atoms with E-state index in [0.717, 1.165) is 48.5 Å². The number of carbonyl (C=O) groups is 1. The van der Waals surface area contributed by atoms with Gasteiger partial charge in [-0.25, -0.2) is 23.4 Å². The van der Waals surface area contributed by atoms with Crippen molar-refractivity contribution in [3.63, 3.8) is 0 Å². The summed E-state index contributed by atoms with van der Waals surface area (Å²) >= 11 is 1.58. The molecule has 0 atom stereocenters. The van der Waals surface area contributed by atoms with Crippen molar-refractivity contribution in [3.05, 3.63) is 41.6 Å². The van der Waals surface area contributed by atoms with Crippen LogP contribution in [-0.4, -0.2) is 44.5 Å². The quantitative estimate of drug-likeness (QED) is 0.372. The normalized spacial score (nSPS) is 11.1. The van der Waals surface area contributed by atoms with Gasteiger partial charge in [-0.3, -0.25) is 4.79 Å². The smallest absolute Gasteiger partial charge is 0.254 e. The average Bonchev–Trinajstić information content (AvgIpc) is 3.13. The van der Waals surface area contributed by atoms with Crippen LogP contribution in [0.25, 0.3) is 11.0 Å². The number of thioether (sulfide) groups is 1. The summed E-state index contributed by atoms with van der Waals surface area (Å²) in [6.07, 6.45) is 3.67. The summed E-state index contributed by atoms with van der Waals surface area (Å²) in [4.78, 5) is 21.4. The van der Waals surface area contributed by atoms with Gasteiger partial charge in [-0.1, -0.05) is 25.6 Å². The predicted octanol–water partition coefficient (Wildman–Crippen LogP) is 3.86. The molecule has 2 aromatic heterocycles. The number of rotatable bonds is 10. The molecular weight excluding hydrogens is 410 g/mol. The minimum Gasteiger partial charge on any atom is -0.369 e. The lowest BCUT2D eigenvalue weighted by Gasteiger charge is -2.09. The molecule has 2 N–H and O–H groups in total. The first-order valence-electron chi connectivity index (χ1n) is 9.87. The Hall–Kier alpha value is -2.75. The summed E-state index contributed by atoms with van der Waals surface area (Å²) in [6, 6.07) is 2.86. The fraction of sp³-hybridized carbons (Fsp3) is 0.400. The predicted molar refractivity (Wildman–Crippen MR) is 114 cm³/mol. The fourth-order valence-corrected chi connectivity index (χ4v) is 3.47. The second-order valence-electron chi connectivity index (χ2n) is 6.62. The Kier molecular flexibility index (Phi) is 7.56. The molecule has 0 fully saturated rings. The van der Waals surface area contributed by atoms with Gasteiger partial charge in [-0.15, -0.1) is 0 Å². The van der Waals surface area contributed by atoms with E-state index in [4.69, 9.17) is 0 Å². The zero-order valence-electron chi connectivity index (χ0n) is 16.9. The summed E-state index contributed by atoms with van der Waals surface area (Å²) in [6.45, 7) is 5.52. The maximum atomic E-state index is 13.8. The highest BCUT2D eigenvalue weighted by Crippen LogP contribution is 2.24. The summed E-state index contributed by atoms with van der Waals surface area (Å²) in [5.41, 5.74) is 0.470. The van der Waals surface area contributed by atoms with E-state index in [1.54, 1.807) is 22.6 Å². The molecule has 0 bridgehead atoms. The van der Waals surface area contributed by atoms with Crippen LogP contribution in [0.4, 0.5) is 14.6 Å². The van der Waals surface area contributed by atoms with Gasteiger partial charge in [0.1, 0.15) is 17.5 Å². The molecule has 1 aromatic carbocycles. The van der Waals surface area contributed by atoms with Gasteiger partial charge in [0.05, 0.1) is 23.7 Å². The molecule has 0 aliphatic rings. The summed E-state index contributed by atoms with van der Waals surface area (Å²) in [7, 11) is 0. The third-order valence-electron chi connectivity index (χ3n) is 4.24. The molecule has 0 aliphatic heterocycles. The summed E-state index contributed by atoms with van der Waals surface area (Å²) < 4.78 is 28.5. The Morgan fingerprint density at radius 1 is 1.17 bits per heavy atom. The second kappa shape index (κ2) is 10.3. The molecule has 160 valence electrons. The number of halogens is 2. The van der Waals surface area contributed by atoms with E-state index in [1.165, 1.54) is 0 Å². The number of hydrogen-bond donors (Lipinski definition) is 2. The maximum Gasteiger partial charge on any atom is 0.254 e. The highest BCUT2D eigenvalue weighted by Gasteiger charge is 2.15. The largest absolute Gasteiger partial charge is 0.369 e. The van der Waals surface area contributed by atoms with Crippen LogP contribution in [0.15, 0.2) is 29.6 Å². The molecule has 0 saturated carbocycles. The number of fused-ring (bicyclic) bond motifs is 1. The zero-order valence-corrected chi connectivity index (χ0v) is 17.7. The van der Waals surface area contributed by atoms with E-state index in [1.807, 2.05) is 0 Å². The first-order valence-corrected chi connectivity index (χ1v) is 10.9. The zero-order chi connectivity index (χ0) is 21.5. The lowest BCUT2D eigenvalue weighted by atomic mass is 10.2. The molecule has 3 aromatic rings. The standard InChI is InChI=1S/C20H24F2N6OS/c1-3-7-23-17-15-12-25-28(18(15)27-20(26-17)30-10-4-2)9-8-24-19(29)14-6-5-13(21)11-16(14)22/h5-6,11-12H,3-4,7-10H2,1-2H3,(H,24,29)(H,23,26,27). The molecule has 0 aliphatic carbocycles. The molecule has 7 nitrogen and oxygen atoms in total. The third kappa shape index (κ3) is 5.24. The molecule has 10 heteroatoms. The molecular formula is C20H24F2N6OS. The number of nitrogens with one attached hydrogen (secondary N) is 2. The van der Waals surface area contributed by atoms with Crippen molar-refractivity contribution >= 4 is 34.5 Å². The van der Waals surface area contributed by atoms with Crippen molar-refractivity contribution in [2.24, 2.45) is 0 Å². The lowest BCUT2D eigenvalue weighted by Crippen LogP contribution is -2.28. The van der Waals surface area contributed by atoms with Crippen LogP contribution < -0.4 is 10.6 Å². The first kappa shape index (κ1) is 21.9. The van der Waals surface area contributed by atoms with Crippen LogP contribution in [-0.2, 0) is 6.54 Å². The van der Waals surface area contributed by atoms with Crippen LogP contribution in [0.3, 0.4) is 0 Å². The van der Waals surface area contributed by atoms with E-state index in [9.17, 15) is 13.6 Å². The third-order valence-corrected chi connectivity index (χ3v) is 5.29. The van der Waals surface area contributed by atoms with Crippen LogP contribution in [0.2, 0.25) is 0 Å². The van der Waals surface area contributed by atoms with Gasteiger partial charge in [0.15, 0.2) is 10.8 Å². The summed E-state index contributed by atoms with van der Waals surface area (Å²) in [5, 5.41) is 11.8. The summed E-state index contributed by atoms with van der Waals surface area (Å²) in [5.74, 6) is -0.580. The Morgan fingerprint density at radius 2 is 2.00 bits per heavy atom. The van der Waals surface area contributed by atoms with E-state index >= 15 is 0 Å². The highest BCUT2D eigenvalue weighted by molar-refractivity contribution is 7.99. The molecule has 2 heterocycles. The van der Waals surface area contributed by atoms with Crippen LogP contribution in [0.1, 0.15) is 37.0 Å². The van der Waals surface area contributed by atoms with Gasteiger partial charge in [-0.05, 0) is 25.0 Å². The number of nitrogens with zero attached hydrogens (tertiary/aromatic N) is 4. The number of hydrogen-bond acceptors (Lipinski definition) is 6. The van der Waals surface area contributed by atoms with Crippen molar-refractivity contribution in [1.82, 2.24) is 25.1 Å². The molecule has 0 saturated heterocycles. The number of aromatic nitrogens is 4. The van der Waals surface area contributed by atoms with E-state index in [-0.39, 0.29) is 12.1 Å². The van der Waals surface area contributed by atoms with Gasteiger partial charge in [0.2, 0.25) is 0 Å². The minimum absolute atomic E-state index is 0.201. The van der Waals surface area contributed by atoms with Gasteiger partial charge in [-0.2, -0.15) is 5.10 Å². The first-order chi connectivity index (χ1) is 14.5. The van der Waals surface area contributed by atoms with Crippen LogP contribution >= 0.6 is 11.8 Å². The van der Waals surface area contributed by atoms with Crippen LogP contribution in [0, 0.1) is 11.6 Å². The maximum absolute atomic E-state index is 13.8. The molecule has 1 amide bonds. The van der Waals surface area contributed by atoms with Crippen molar-refractivity contribution in [1.29, 1.82) is 0 Å². The number of amides is 1. The SMILES string of the molecule is CCCNc1nc(SCCC)nc2c1cnn2CCNC(=O)c1ccc(F)cc1F. The topological polar surface area (TPSA) is 84.7 Å². The van der Waals surface area contributed by atoms with Crippen molar-refractivity contribution in [2.75, 3.05) is 24.2 Å². The Labute approximate surface area is 177 Å². The number of carbonyl (C=O) groups excluding carboxylic acids is 1. The van der Waals surface area contributed by atoms with Crippen molar-refractivity contribution in [3.8, 4) is 0 Å². The monoisotopic (exact) mass is 434 g/mol. The average molecular weight is 435 g/mol. The highest BCUT2D eigenvalue weighted by atomic mass is 32.2. The van der Waals surface area contributed by atoms with Gasteiger partial charge in [0, 0.05) is 24.9 Å². The number of benzene rings is 1. The van der Waals surface area contributed by atoms with Crippen molar-refractivity contribution in [2.45, 2.75) is 38.4 Å². The van der Waals surface area contributed by atoms with Gasteiger partial charge in [0.25, 0.3) is 5.91 Å². The second-order valence-corrected chi connectivity index (χ2v) is 7.68. The van der Waals surface area contributed by atoms with E-state index in [2.05, 4.69) is 39.5 Å². The van der Waals surface area contributed by atoms with E-state index in [0.29, 0.717) is 23.4 Å².